The van der Waals surface area contributed by atoms with Gasteiger partial charge >= 0.3 is 0 Å². The van der Waals surface area contributed by atoms with Crippen LogP contribution in [0.1, 0.15) is 11.1 Å². The maximum atomic E-state index is 11.5. The average Bonchev–Trinajstić information content (AvgIpc) is 2.20. The highest BCUT2D eigenvalue weighted by Gasteiger charge is 2.06. The quantitative estimate of drug-likeness (QED) is 0.728. The third-order valence-electron chi connectivity index (χ3n) is 2.19. The van der Waals surface area contributed by atoms with E-state index in [1.54, 1.807) is 14.1 Å². The van der Waals surface area contributed by atoms with E-state index in [2.05, 4.69) is 5.43 Å². The normalized spacial score (nSPS) is 9.93. The van der Waals surface area contributed by atoms with Crippen molar-refractivity contribution in [2.75, 3.05) is 14.1 Å². The smallest absolute Gasteiger partial charge is 0.240 e. The summed E-state index contributed by atoms with van der Waals surface area (Å²) < 4.78 is 0. The molecule has 0 saturated heterocycles. The van der Waals surface area contributed by atoms with Crippen LogP contribution >= 0.6 is 0 Å². The van der Waals surface area contributed by atoms with E-state index in [4.69, 9.17) is 0 Å². The Hall–Kier alpha value is -1.35. The molecule has 0 radical (unpaired) electrons. The summed E-state index contributed by atoms with van der Waals surface area (Å²) in [5.74, 6) is 0.0661. The molecule has 3 nitrogen and oxygen atoms in total. The molecule has 0 aliphatic rings. The number of nitrogens with zero attached hydrogens (tertiary/aromatic N) is 1. The summed E-state index contributed by atoms with van der Waals surface area (Å²) in [5, 5.41) is 1.49. The molecule has 0 spiro atoms. The lowest BCUT2D eigenvalue weighted by Gasteiger charge is -2.14. The van der Waals surface area contributed by atoms with Crippen molar-refractivity contribution >= 4 is 5.91 Å². The first kappa shape index (κ1) is 10.7. The summed E-state index contributed by atoms with van der Waals surface area (Å²) in [6.07, 6.45) is 0.442. The van der Waals surface area contributed by atoms with E-state index in [-0.39, 0.29) is 5.91 Å². The van der Waals surface area contributed by atoms with Crippen LogP contribution in [0.25, 0.3) is 0 Å². The van der Waals surface area contributed by atoms with Crippen molar-refractivity contribution in [2.24, 2.45) is 0 Å². The van der Waals surface area contributed by atoms with Crippen molar-refractivity contribution in [3.05, 3.63) is 35.4 Å². The zero-order valence-electron chi connectivity index (χ0n) is 8.87. The van der Waals surface area contributed by atoms with E-state index < -0.39 is 0 Å². The van der Waals surface area contributed by atoms with Gasteiger partial charge in [-0.2, -0.15) is 0 Å². The summed E-state index contributed by atoms with van der Waals surface area (Å²) in [6.45, 7) is 2.03. The minimum Gasteiger partial charge on any atom is -0.281 e. The minimum absolute atomic E-state index is 0.0661. The number of carbonyl (C=O) groups excluding carboxylic acids is 1. The van der Waals surface area contributed by atoms with E-state index in [0.717, 1.165) is 5.56 Å². The maximum absolute atomic E-state index is 11.5. The van der Waals surface area contributed by atoms with Crippen LogP contribution < -0.4 is 5.43 Å². The van der Waals surface area contributed by atoms with Gasteiger partial charge in [-0.1, -0.05) is 29.8 Å². The molecular weight excluding hydrogens is 176 g/mol. The van der Waals surface area contributed by atoms with Gasteiger partial charge in [0, 0.05) is 14.1 Å². The molecule has 1 aromatic carbocycles. The zero-order valence-corrected chi connectivity index (χ0v) is 8.87. The van der Waals surface area contributed by atoms with Crippen molar-refractivity contribution in [1.29, 1.82) is 0 Å². The number of carbonyl (C=O) groups is 1. The molecule has 0 bridgehead atoms. The SMILES string of the molecule is CNN(C)C(=O)Cc1ccc(C)cc1. The molecule has 0 aromatic heterocycles. The van der Waals surface area contributed by atoms with Crippen molar-refractivity contribution in [2.45, 2.75) is 13.3 Å². The molecular formula is C11H16N2O. The van der Waals surface area contributed by atoms with Crippen LogP contribution in [0.15, 0.2) is 24.3 Å². The predicted molar refractivity (Wildman–Crippen MR) is 56.7 cm³/mol. The summed E-state index contributed by atoms with van der Waals surface area (Å²) in [7, 11) is 3.45. The van der Waals surface area contributed by atoms with Crippen molar-refractivity contribution in [3.63, 3.8) is 0 Å². The summed E-state index contributed by atoms with van der Waals surface area (Å²) in [6, 6.07) is 8.00. The van der Waals surface area contributed by atoms with E-state index in [9.17, 15) is 4.79 Å². The molecule has 0 aliphatic carbocycles. The topological polar surface area (TPSA) is 32.3 Å². The average molecular weight is 192 g/mol. The first-order valence-electron chi connectivity index (χ1n) is 4.63. The van der Waals surface area contributed by atoms with Crippen LogP contribution in [0.2, 0.25) is 0 Å². The number of hydrogen-bond acceptors (Lipinski definition) is 2. The van der Waals surface area contributed by atoms with Crippen LogP contribution in [0.4, 0.5) is 0 Å². The Morgan fingerprint density at radius 2 is 1.93 bits per heavy atom. The number of likely N-dealkylation sites (N-methyl/N-ethyl adjacent to an activating group) is 1. The summed E-state index contributed by atoms with van der Waals surface area (Å²) in [4.78, 5) is 11.5. The Morgan fingerprint density at radius 3 is 2.43 bits per heavy atom. The molecule has 0 aliphatic heterocycles. The Bertz CT molecular complexity index is 306. The fraction of sp³-hybridized carbons (Fsp3) is 0.364. The minimum atomic E-state index is 0.0661. The fourth-order valence-corrected chi connectivity index (χ4v) is 1.12. The van der Waals surface area contributed by atoms with E-state index in [1.807, 2.05) is 31.2 Å². The van der Waals surface area contributed by atoms with Crippen LogP contribution in [-0.2, 0) is 11.2 Å². The summed E-state index contributed by atoms with van der Waals surface area (Å²) in [5.41, 5.74) is 5.04. The first-order chi connectivity index (χ1) is 6.63. The second-order valence-electron chi connectivity index (χ2n) is 3.34. The molecule has 0 atom stereocenters. The number of hydrogen-bond donors (Lipinski definition) is 1. The van der Waals surface area contributed by atoms with Crippen molar-refractivity contribution in [3.8, 4) is 0 Å². The van der Waals surface area contributed by atoms with Crippen molar-refractivity contribution in [1.82, 2.24) is 10.4 Å². The van der Waals surface area contributed by atoms with Gasteiger partial charge in [-0.3, -0.25) is 9.80 Å². The Morgan fingerprint density at radius 1 is 1.36 bits per heavy atom. The number of hydrazine groups is 1. The van der Waals surface area contributed by atoms with Gasteiger partial charge in [0.05, 0.1) is 6.42 Å². The Balaban J connectivity index is 2.60. The molecule has 3 heteroatoms. The van der Waals surface area contributed by atoms with Gasteiger partial charge in [0.15, 0.2) is 0 Å². The van der Waals surface area contributed by atoms with Gasteiger partial charge in [-0.05, 0) is 12.5 Å². The first-order valence-corrected chi connectivity index (χ1v) is 4.63. The highest BCUT2D eigenvalue weighted by molar-refractivity contribution is 5.77. The molecule has 14 heavy (non-hydrogen) atoms. The van der Waals surface area contributed by atoms with Gasteiger partial charge in [0.1, 0.15) is 0 Å². The maximum Gasteiger partial charge on any atom is 0.240 e. The molecule has 0 unspecified atom stereocenters. The standard InChI is InChI=1S/C11H16N2O/c1-9-4-6-10(7-5-9)8-11(14)13(3)12-2/h4-7,12H,8H2,1-3H3. The lowest BCUT2D eigenvalue weighted by Crippen LogP contribution is -2.37. The number of aryl methyl sites for hydroxylation is 1. The Kier molecular flexibility index (Phi) is 3.65. The van der Waals surface area contributed by atoms with Gasteiger partial charge in [0.25, 0.3) is 0 Å². The zero-order chi connectivity index (χ0) is 10.6. The van der Waals surface area contributed by atoms with Crippen molar-refractivity contribution < 1.29 is 4.79 Å². The second kappa shape index (κ2) is 4.77. The highest BCUT2D eigenvalue weighted by atomic mass is 16.2. The van der Waals surface area contributed by atoms with Crippen LogP contribution in [0, 0.1) is 6.92 Å². The van der Waals surface area contributed by atoms with Gasteiger partial charge < -0.3 is 0 Å². The number of amides is 1. The van der Waals surface area contributed by atoms with Gasteiger partial charge in [-0.15, -0.1) is 0 Å². The second-order valence-corrected chi connectivity index (χ2v) is 3.34. The van der Waals surface area contributed by atoms with Crippen LogP contribution in [0.5, 0.6) is 0 Å². The number of nitrogens with one attached hydrogen (secondary N) is 1. The van der Waals surface area contributed by atoms with E-state index in [1.165, 1.54) is 10.6 Å². The largest absolute Gasteiger partial charge is 0.281 e. The summed E-state index contributed by atoms with van der Waals surface area (Å²) >= 11 is 0. The molecule has 1 N–H and O–H groups in total. The third-order valence-corrected chi connectivity index (χ3v) is 2.19. The molecule has 0 fully saturated rings. The monoisotopic (exact) mass is 192 g/mol. The molecule has 1 amide bonds. The van der Waals surface area contributed by atoms with E-state index >= 15 is 0 Å². The number of benzene rings is 1. The lowest BCUT2D eigenvalue weighted by atomic mass is 10.1. The Labute approximate surface area is 84.7 Å². The van der Waals surface area contributed by atoms with Crippen LogP contribution in [-0.4, -0.2) is 25.0 Å². The number of rotatable bonds is 3. The molecule has 1 rings (SSSR count). The predicted octanol–water partition coefficient (Wildman–Crippen LogP) is 1.13. The van der Waals surface area contributed by atoms with Crippen LogP contribution in [0.3, 0.4) is 0 Å². The van der Waals surface area contributed by atoms with E-state index in [0.29, 0.717) is 6.42 Å². The van der Waals surface area contributed by atoms with Gasteiger partial charge in [0.2, 0.25) is 5.91 Å². The molecule has 1 aromatic rings. The molecule has 76 valence electrons. The van der Waals surface area contributed by atoms with Gasteiger partial charge in [-0.25, -0.2) is 5.43 Å². The highest BCUT2D eigenvalue weighted by Crippen LogP contribution is 2.04. The lowest BCUT2D eigenvalue weighted by molar-refractivity contribution is -0.131. The third kappa shape index (κ3) is 2.85. The fourth-order valence-electron chi connectivity index (χ4n) is 1.12. The molecule has 0 saturated carbocycles. The molecule has 0 heterocycles.